The maximum atomic E-state index is 14.0. The summed E-state index contributed by atoms with van der Waals surface area (Å²) >= 11 is 0. The van der Waals surface area contributed by atoms with Gasteiger partial charge in [-0.3, -0.25) is 4.79 Å². The number of anilines is 1. The summed E-state index contributed by atoms with van der Waals surface area (Å²) in [5.74, 6) is 0.161. The second kappa shape index (κ2) is 10.8. The van der Waals surface area contributed by atoms with E-state index in [0.717, 1.165) is 5.69 Å². The van der Waals surface area contributed by atoms with Crippen molar-refractivity contribution in [3.63, 3.8) is 0 Å². The van der Waals surface area contributed by atoms with Crippen LogP contribution in [0.25, 0.3) is 0 Å². The Hall–Kier alpha value is -2.67. The Morgan fingerprint density at radius 3 is 2.76 bits per heavy atom. The van der Waals surface area contributed by atoms with Crippen molar-refractivity contribution in [2.75, 3.05) is 18.0 Å². The van der Waals surface area contributed by atoms with Gasteiger partial charge in [0.25, 0.3) is 0 Å². The fourth-order valence-corrected chi connectivity index (χ4v) is 3.10. The summed E-state index contributed by atoms with van der Waals surface area (Å²) < 4.78 is 14.0. The van der Waals surface area contributed by atoms with Gasteiger partial charge in [-0.15, -0.1) is 24.0 Å². The molecule has 1 saturated heterocycles. The van der Waals surface area contributed by atoms with E-state index in [2.05, 4.69) is 15.6 Å². The maximum absolute atomic E-state index is 14.0. The van der Waals surface area contributed by atoms with Crippen LogP contribution in [-0.2, 0) is 11.3 Å². The van der Waals surface area contributed by atoms with E-state index in [1.54, 1.807) is 4.90 Å². The number of carbonyl (C=O) groups excluding carboxylic acids is 1. The van der Waals surface area contributed by atoms with E-state index in [1.165, 1.54) is 18.2 Å². The molecule has 6 nitrogen and oxygen atoms in total. The van der Waals surface area contributed by atoms with Crippen LogP contribution in [0.15, 0.2) is 53.5 Å². The summed E-state index contributed by atoms with van der Waals surface area (Å²) in [6.45, 7) is 3.20. The Labute approximate surface area is 186 Å². The van der Waals surface area contributed by atoms with Crippen LogP contribution in [0.2, 0.25) is 0 Å². The standard InChI is InChI=1S/C21H22FN5O.HI/c1-2-24-21(25-13-16-10-15(12-23)8-9-19(16)22)26-17-11-20(28)27(14-17)18-6-4-3-5-7-18;/h3-10,17H,2,11,13-14H2,1H3,(H2,24,25,26);1H. The third-order valence-electron chi connectivity index (χ3n) is 4.46. The maximum Gasteiger partial charge on any atom is 0.229 e. The molecule has 3 rings (SSSR count). The van der Waals surface area contributed by atoms with Crippen LogP contribution < -0.4 is 15.5 Å². The normalized spacial score (nSPS) is 16.2. The first-order valence-electron chi connectivity index (χ1n) is 9.19. The van der Waals surface area contributed by atoms with Gasteiger partial charge in [-0.05, 0) is 37.3 Å². The first-order valence-corrected chi connectivity index (χ1v) is 9.19. The SMILES string of the molecule is CCNC(=NCc1cc(C#N)ccc1F)NC1CC(=O)N(c2ccccc2)C1.I. The third kappa shape index (κ3) is 5.90. The van der Waals surface area contributed by atoms with E-state index in [1.807, 2.05) is 43.3 Å². The molecule has 0 radical (unpaired) electrons. The summed E-state index contributed by atoms with van der Waals surface area (Å²) in [6.07, 6.45) is 0.359. The lowest BCUT2D eigenvalue weighted by molar-refractivity contribution is -0.117. The van der Waals surface area contributed by atoms with E-state index in [-0.39, 0.29) is 42.5 Å². The number of guanidine groups is 1. The Balaban J connectivity index is 0.00000300. The summed E-state index contributed by atoms with van der Waals surface area (Å²) in [4.78, 5) is 18.5. The molecular formula is C21H23FIN5O. The minimum atomic E-state index is -0.398. The minimum Gasteiger partial charge on any atom is -0.357 e. The molecule has 1 fully saturated rings. The lowest BCUT2D eigenvalue weighted by Gasteiger charge is -2.19. The van der Waals surface area contributed by atoms with Crippen molar-refractivity contribution in [1.29, 1.82) is 5.26 Å². The molecule has 2 N–H and O–H groups in total. The third-order valence-corrected chi connectivity index (χ3v) is 4.46. The molecule has 0 saturated carbocycles. The van der Waals surface area contributed by atoms with Gasteiger partial charge in [0.05, 0.1) is 24.2 Å². The van der Waals surface area contributed by atoms with Gasteiger partial charge >= 0.3 is 0 Å². The average Bonchev–Trinajstić information content (AvgIpc) is 3.08. The molecule has 1 amide bonds. The van der Waals surface area contributed by atoms with Crippen molar-refractivity contribution in [3.8, 4) is 6.07 Å². The number of nitrogens with one attached hydrogen (secondary N) is 2. The largest absolute Gasteiger partial charge is 0.357 e. The molecule has 2 aromatic rings. The molecule has 0 aliphatic carbocycles. The summed E-state index contributed by atoms with van der Waals surface area (Å²) in [5, 5.41) is 15.4. The Kier molecular flexibility index (Phi) is 8.39. The van der Waals surface area contributed by atoms with Crippen LogP contribution in [-0.4, -0.2) is 31.0 Å². The first kappa shape index (κ1) is 22.6. The quantitative estimate of drug-likeness (QED) is 0.370. The molecule has 1 unspecified atom stereocenters. The zero-order valence-corrected chi connectivity index (χ0v) is 18.4. The van der Waals surface area contributed by atoms with Crippen LogP contribution in [0.3, 0.4) is 0 Å². The number of rotatable bonds is 5. The van der Waals surface area contributed by atoms with E-state index in [9.17, 15) is 9.18 Å². The van der Waals surface area contributed by atoms with Gasteiger partial charge in [-0.2, -0.15) is 5.26 Å². The number of aliphatic imine (C=N–C) groups is 1. The lowest BCUT2D eigenvalue weighted by atomic mass is 10.1. The number of hydrogen-bond donors (Lipinski definition) is 2. The minimum absolute atomic E-state index is 0. The smallest absolute Gasteiger partial charge is 0.229 e. The van der Waals surface area contributed by atoms with Gasteiger partial charge in [0.2, 0.25) is 5.91 Å². The number of amides is 1. The number of nitriles is 1. The van der Waals surface area contributed by atoms with Crippen molar-refractivity contribution in [2.45, 2.75) is 25.9 Å². The van der Waals surface area contributed by atoms with Crippen LogP contribution >= 0.6 is 24.0 Å². The molecular weight excluding hydrogens is 484 g/mol. The summed E-state index contributed by atoms with van der Waals surface area (Å²) in [6, 6.07) is 15.6. The zero-order chi connectivity index (χ0) is 19.9. The topological polar surface area (TPSA) is 80.5 Å². The fourth-order valence-electron chi connectivity index (χ4n) is 3.10. The molecule has 2 aromatic carbocycles. The average molecular weight is 507 g/mol. The highest BCUT2D eigenvalue weighted by atomic mass is 127. The number of hydrogen-bond acceptors (Lipinski definition) is 3. The van der Waals surface area contributed by atoms with Crippen molar-refractivity contribution < 1.29 is 9.18 Å². The Morgan fingerprint density at radius 2 is 2.07 bits per heavy atom. The van der Waals surface area contributed by atoms with E-state index in [4.69, 9.17) is 5.26 Å². The van der Waals surface area contributed by atoms with Gasteiger partial charge in [0.1, 0.15) is 5.82 Å². The van der Waals surface area contributed by atoms with Gasteiger partial charge in [-0.25, -0.2) is 9.38 Å². The molecule has 1 atom stereocenters. The number of nitrogens with zero attached hydrogens (tertiary/aromatic N) is 3. The van der Waals surface area contributed by atoms with Crippen LogP contribution in [0.5, 0.6) is 0 Å². The van der Waals surface area contributed by atoms with Crippen molar-refractivity contribution in [2.24, 2.45) is 4.99 Å². The van der Waals surface area contributed by atoms with Gasteiger partial charge in [0.15, 0.2) is 5.96 Å². The molecule has 1 aliphatic heterocycles. The van der Waals surface area contributed by atoms with Crippen molar-refractivity contribution in [3.05, 3.63) is 65.5 Å². The summed E-state index contributed by atoms with van der Waals surface area (Å²) in [7, 11) is 0. The van der Waals surface area contributed by atoms with Gasteiger partial charge < -0.3 is 15.5 Å². The second-order valence-electron chi connectivity index (χ2n) is 6.50. The second-order valence-corrected chi connectivity index (χ2v) is 6.50. The first-order chi connectivity index (χ1) is 13.6. The molecule has 152 valence electrons. The van der Waals surface area contributed by atoms with Crippen molar-refractivity contribution >= 4 is 41.5 Å². The molecule has 1 aliphatic rings. The highest BCUT2D eigenvalue weighted by Gasteiger charge is 2.31. The predicted molar refractivity (Wildman–Crippen MR) is 122 cm³/mol. The van der Waals surface area contributed by atoms with Gasteiger partial charge in [0, 0.05) is 30.8 Å². The lowest BCUT2D eigenvalue weighted by Crippen LogP contribution is -2.44. The van der Waals surface area contributed by atoms with Crippen LogP contribution in [0.1, 0.15) is 24.5 Å². The molecule has 0 bridgehead atoms. The molecule has 0 aromatic heterocycles. The highest BCUT2D eigenvalue weighted by molar-refractivity contribution is 14.0. The number of para-hydroxylation sites is 1. The van der Waals surface area contributed by atoms with E-state index >= 15 is 0 Å². The highest BCUT2D eigenvalue weighted by Crippen LogP contribution is 2.21. The van der Waals surface area contributed by atoms with E-state index < -0.39 is 5.82 Å². The van der Waals surface area contributed by atoms with Crippen LogP contribution in [0.4, 0.5) is 10.1 Å². The Morgan fingerprint density at radius 1 is 1.31 bits per heavy atom. The number of benzene rings is 2. The van der Waals surface area contributed by atoms with Gasteiger partial charge in [-0.1, -0.05) is 18.2 Å². The predicted octanol–water partition coefficient (Wildman–Crippen LogP) is 3.18. The Bertz CT molecular complexity index is 913. The summed E-state index contributed by atoms with van der Waals surface area (Å²) in [5.41, 5.74) is 1.61. The molecule has 0 spiro atoms. The number of carbonyl (C=O) groups is 1. The molecule has 8 heteroatoms. The van der Waals surface area contributed by atoms with E-state index in [0.29, 0.717) is 36.6 Å². The zero-order valence-electron chi connectivity index (χ0n) is 16.1. The molecule has 29 heavy (non-hydrogen) atoms. The monoisotopic (exact) mass is 507 g/mol. The number of halogens is 2. The molecule has 1 heterocycles. The fraction of sp³-hybridized carbons (Fsp3) is 0.286. The van der Waals surface area contributed by atoms with Crippen molar-refractivity contribution in [1.82, 2.24) is 10.6 Å². The van der Waals surface area contributed by atoms with Crippen LogP contribution in [0, 0.1) is 17.1 Å².